The number of carbonyl (C=O) groups excluding carboxylic acids is 1. The number of amides is 1. The molecule has 2 N–H and O–H groups in total. The second kappa shape index (κ2) is 9.34. The molecule has 136 valence electrons. The number of aromatic nitrogens is 2. The van der Waals surface area contributed by atoms with Crippen LogP contribution in [-0.4, -0.2) is 45.2 Å². The Morgan fingerprint density at radius 1 is 1.32 bits per heavy atom. The summed E-state index contributed by atoms with van der Waals surface area (Å²) in [6.07, 6.45) is 4.97. The molecule has 0 aliphatic heterocycles. The van der Waals surface area contributed by atoms with Crippen molar-refractivity contribution in [3.05, 3.63) is 35.7 Å². The smallest absolute Gasteiger partial charge is 0.267 e. The van der Waals surface area contributed by atoms with E-state index < -0.39 is 5.91 Å². The number of nitrogens with one attached hydrogen (secondary N) is 1. The number of imidazole rings is 1. The van der Waals surface area contributed by atoms with Gasteiger partial charge in [0.25, 0.3) is 5.91 Å². The minimum absolute atomic E-state index is 0.545. The molecule has 0 spiro atoms. The second-order valence-electron chi connectivity index (χ2n) is 6.01. The Hall–Kier alpha value is -2.18. The number of hydrogen-bond donors (Lipinski definition) is 2. The molecule has 25 heavy (non-hydrogen) atoms. The maximum absolute atomic E-state index is 11.1. The van der Waals surface area contributed by atoms with E-state index in [2.05, 4.69) is 36.3 Å². The fourth-order valence-corrected chi connectivity index (χ4v) is 2.95. The van der Waals surface area contributed by atoms with Crippen molar-refractivity contribution in [1.82, 2.24) is 19.9 Å². The number of benzene rings is 1. The van der Waals surface area contributed by atoms with E-state index in [1.807, 2.05) is 12.1 Å². The number of aryl methyl sites for hydroxylation is 1. The molecule has 0 aliphatic rings. The van der Waals surface area contributed by atoms with Gasteiger partial charge in [-0.05, 0) is 43.3 Å². The fourth-order valence-electron chi connectivity index (χ4n) is 2.95. The number of nitrogens with zero attached hydrogens (tertiary/aromatic N) is 3. The average Bonchev–Trinajstić information content (AvgIpc) is 2.97. The van der Waals surface area contributed by atoms with Gasteiger partial charge >= 0.3 is 0 Å². The van der Waals surface area contributed by atoms with Gasteiger partial charge in [-0.25, -0.2) is 10.5 Å². The van der Waals surface area contributed by atoms with Crippen molar-refractivity contribution in [3.63, 3.8) is 0 Å². The van der Waals surface area contributed by atoms with Crippen LogP contribution in [0.4, 0.5) is 0 Å². The summed E-state index contributed by atoms with van der Waals surface area (Å²) in [5, 5.41) is 8.56. The van der Waals surface area contributed by atoms with E-state index >= 15 is 0 Å². The van der Waals surface area contributed by atoms with E-state index in [4.69, 9.17) is 10.2 Å². The zero-order valence-corrected chi connectivity index (χ0v) is 15.3. The second-order valence-corrected chi connectivity index (χ2v) is 6.01. The molecule has 1 aromatic carbocycles. The summed E-state index contributed by atoms with van der Waals surface area (Å²) in [4.78, 5) is 18.3. The number of carbonyl (C=O) groups is 1. The van der Waals surface area contributed by atoms with Gasteiger partial charge < -0.3 is 9.47 Å². The van der Waals surface area contributed by atoms with E-state index in [1.165, 1.54) is 6.08 Å². The molecular weight excluding hydrogens is 316 g/mol. The predicted molar refractivity (Wildman–Crippen MR) is 100 cm³/mol. The zero-order valence-electron chi connectivity index (χ0n) is 15.3. The Morgan fingerprint density at radius 2 is 2.08 bits per heavy atom. The number of rotatable bonds is 9. The molecule has 0 radical (unpaired) electrons. The summed E-state index contributed by atoms with van der Waals surface area (Å²) in [6, 6.07) is 6.00. The first kappa shape index (κ1) is 19.1. The molecule has 2 aromatic rings. The molecule has 6 nitrogen and oxygen atoms in total. The fraction of sp³-hybridized carbons (Fsp3) is 0.474. The lowest BCUT2D eigenvalue weighted by molar-refractivity contribution is -0.124. The van der Waals surface area contributed by atoms with Crippen molar-refractivity contribution in [1.29, 1.82) is 0 Å². The van der Waals surface area contributed by atoms with Gasteiger partial charge in [0, 0.05) is 25.6 Å². The summed E-state index contributed by atoms with van der Waals surface area (Å²) >= 11 is 0. The van der Waals surface area contributed by atoms with Crippen LogP contribution in [0.5, 0.6) is 0 Å². The van der Waals surface area contributed by atoms with E-state index in [0.29, 0.717) is 0 Å². The third kappa shape index (κ3) is 4.90. The third-order valence-electron chi connectivity index (χ3n) is 4.40. The number of hydrogen-bond acceptors (Lipinski definition) is 4. The van der Waals surface area contributed by atoms with Crippen molar-refractivity contribution >= 4 is 23.0 Å². The van der Waals surface area contributed by atoms with Crippen LogP contribution in [0, 0.1) is 0 Å². The lowest BCUT2D eigenvalue weighted by atomic mass is 10.2. The van der Waals surface area contributed by atoms with Crippen molar-refractivity contribution in [2.75, 3.05) is 19.6 Å². The van der Waals surface area contributed by atoms with E-state index in [0.717, 1.165) is 61.4 Å². The van der Waals surface area contributed by atoms with Crippen LogP contribution in [0.3, 0.4) is 0 Å². The summed E-state index contributed by atoms with van der Waals surface area (Å²) in [7, 11) is 0. The maximum Gasteiger partial charge on any atom is 0.267 e. The van der Waals surface area contributed by atoms with Crippen LogP contribution in [-0.2, 0) is 17.8 Å². The van der Waals surface area contributed by atoms with Crippen molar-refractivity contribution in [2.45, 2.75) is 40.2 Å². The highest BCUT2D eigenvalue weighted by Crippen LogP contribution is 2.20. The van der Waals surface area contributed by atoms with Gasteiger partial charge in [0.05, 0.1) is 11.0 Å². The Morgan fingerprint density at radius 3 is 2.72 bits per heavy atom. The van der Waals surface area contributed by atoms with Gasteiger partial charge in [-0.15, -0.1) is 0 Å². The highest BCUT2D eigenvalue weighted by Gasteiger charge is 2.11. The molecule has 0 aliphatic carbocycles. The molecule has 1 heterocycles. The van der Waals surface area contributed by atoms with Crippen LogP contribution in [0.25, 0.3) is 17.1 Å². The molecule has 1 aromatic heterocycles. The molecule has 0 bridgehead atoms. The molecule has 0 saturated heterocycles. The number of fused-ring (bicyclic) bond motifs is 1. The highest BCUT2D eigenvalue weighted by molar-refractivity contribution is 5.91. The lowest BCUT2D eigenvalue weighted by Crippen LogP contribution is -2.27. The largest absolute Gasteiger partial charge is 0.327 e. The van der Waals surface area contributed by atoms with Crippen LogP contribution in [0.15, 0.2) is 24.3 Å². The van der Waals surface area contributed by atoms with Gasteiger partial charge in [0.1, 0.15) is 5.82 Å². The Kier molecular flexibility index (Phi) is 7.16. The Labute approximate surface area is 149 Å². The molecular formula is C19H28N4O2. The minimum atomic E-state index is -0.545. The standard InChI is InChI=1S/C19H28N4O2/c1-4-7-18-20-16-14-15(9-11-19(24)21-25)8-10-17(16)23(18)13-12-22(5-2)6-3/h8-11,14,25H,4-7,12-13H2,1-3H3,(H,21,24). The summed E-state index contributed by atoms with van der Waals surface area (Å²) < 4.78 is 2.31. The van der Waals surface area contributed by atoms with Gasteiger partial charge in [-0.2, -0.15) is 0 Å². The van der Waals surface area contributed by atoms with Gasteiger partial charge in [0.2, 0.25) is 0 Å². The first-order valence-electron chi connectivity index (χ1n) is 8.96. The highest BCUT2D eigenvalue weighted by atomic mass is 16.5. The lowest BCUT2D eigenvalue weighted by Gasteiger charge is -2.19. The van der Waals surface area contributed by atoms with Crippen molar-refractivity contribution in [3.8, 4) is 0 Å². The first-order valence-corrected chi connectivity index (χ1v) is 8.96. The minimum Gasteiger partial charge on any atom is -0.327 e. The molecule has 0 atom stereocenters. The van der Waals surface area contributed by atoms with E-state index in [-0.39, 0.29) is 0 Å². The normalized spacial score (nSPS) is 11.7. The Bertz CT molecular complexity index is 732. The summed E-state index contributed by atoms with van der Waals surface area (Å²) in [6.45, 7) is 10.6. The predicted octanol–water partition coefficient (Wildman–Crippen LogP) is 2.85. The Balaban J connectivity index is 2.31. The van der Waals surface area contributed by atoms with Crippen LogP contribution in [0.2, 0.25) is 0 Å². The van der Waals surface area contributed by atoms with Gasteiger partial charge in [0.15, 0.2) is 0 Å². The summed E-state index contributed by atoms with van der Waals surface area (Å²) in [5.41, 5.74) is 4.54. The molecule has 0 saturated carbocycles. The van der Waals surface area contributed by atoms with E-state index in [9.17, 15) is 4.79 Å². The third-order valence-corrected chi connectivity index (χ3v) is 4.40. The van der Waals surface area contributed by atoms with Crippen LogP contribution in [0.1, 0.15) is 38.6 Å². The quantitative estimate of drug-likeness (QED) is 0.417. The van der Waals surface area contributed by atoms with Crippen molar-refractivity contribution < 1.29 is 10.0 Å². The molecule has 0 unspecified atom stereocenters. The molecule has 6 heteroatoms. The van der Waals surface area contributed by atoms with Crippen LogP contribution >= 0.6 is 0 Å². The van der Waals surface area contributed by atoms with E-state index in [1.54, 1.807) is 11.6 Å². The first-order chi connectivity index (χ1) is 12.1. The molecule has 0 fully saturated rings. The molecule has 1 amide bonds. The zero-order chi connectivity index (χ0) is 18.2. The van der Waals surface area contributed by atoms with Crippen molar-refractivity contribution in [2.24, 2.45) is 0 Å². The molecule has 2 rings (SSSR count). The maximum atomic E-state index is 11.1. The van der Waals surface area contributed by atoms with Gasteiger partial charge in [-0.3, -0.25) is 10.0 Å². The number of likely N-dealkylation sites (N-methyl/N-ethyl adjacent to an activating group) is 1. The van der Waals surface area contributed by atoms with Gasteiger partial charge in [-0.1, -0.05) is 26.8 Å². The average molecular weight is 344 g/mol. The van der Waals surface area contributed by atoms with Crippen LogP contribution < -0.4 is 5.48 Å². The topological polar surface area (TPSA) is 70.4 Å². The monoisotopic (exact) mass is 344 g/mol. The number of hydroxylamine groups is 1. The summed E-state index contributed by atoms with van der Waals surface area (Å²) in [5.74, 6) is 0.565. The SMILES string of the molecule is CCCc1nc2cc(C=CC(=O)NO)ccc2n1CCN(CC)CC.